The molecule has 0 spiro atoms. The zero-order chi connectivity index (χ0) is 28.2. The molecule has 39 heavy (non-hydrogen) atoms. The van der Waals surface area contributed by atoms with Crippen molar-refractivity contribution in [1.29, 1.82) is 0 Å². The van der Waals surface area contributed by atoms with E-state index in [1.807, 2.05) is 0 Å². The molecule has 4 rings (SSSR count). The second-order valence-electron chi connectivity index (χ2n) is 8.32. The van der Waals surface area contributed by atoms with Crippen molar-refractivity contribution in [3.8, 4) is 0 Å². The molecule has 0 radical (unpaired) electrons. The molecule has 11 nitrogen and oxygen atoms in total. The summed E-state index contributed by atoms with van der Waals surface area (Å²) in [6.45, 7) is -3.40. The molecule has 2 N–H and O–H groups in total. The molecule has 2 atom stereocenters. The van der Waals surface area contributed by atoms with E-state index in [1.165, 1.54) is 23.5 Å². The number of ether oxygens (including phenoxy) is 2. The van der Waals surface area contributed by atoms with Crippen molar-refractivity contribution < 1.29 is 27.4 Å². The van der Waals surface area contributed by atoms with Gasteiger partial charge in [-0.15, -0.1) is 11.3 Å². The van der Waals surface area contributed by atoms with E-state index >= 15 is 0 Å². The highest BCUT2D eigenvalue weighted by Crippen LogP contribution is 2.47. The first-order valence-corrected chi connectivity index (χ1v) is 12.4. The number of aliphatic imine (C=N–C) groups is 2. The number of methoxy groups -OCH3 is 1. The van der Waals surface area contributed by atoms with Crippen molar-refractivity contribution in [3.63, 3.8) is 0 Å². The molecular formula is C23H20ClF3N8O3S. The van der Waals surface area contributed by atoms with Gasteiger partial charge in [-0.05, 0) is 23.2 Å². The van der Waals surface area contributed by atoms with Crippen LogP contribution in [0.15, 0.2) is 67.9 Å². The molecule has 0 saturated carbocycles. The summed E-state index contributed by atoms with van der Waals surface area (Å²) in [6, 6.07) is 2.75. The lowest BCUT2D eigenvalue weighted by molar-refractivity contribution is 0.0560. The summed E-state index contributed by atoms with van der Waals surface area (Å²) in [4.78, 5) is 28.8. The van der Waals surface area contributed by atoms with Crippen LogP contribution in [0.3, 0.4) is 0 Å². The second kappa shape index (κ2) is 11.8. The minimum atomic E-state index is -3.02. The molecule has 204 valence electrons. The van der Waals surface area contributed by atoms with E-state index < -0.39 is 30.1 Å². The van der Waals surface area contributed by atoms with Crippen LogP contribution in [-0.4, -0.2) is 60.4 Å². The Morgan fingerprint density at radius 1 is 1.49 bits per heavy atom. The molecule has 0 bridgehead atoms. The summed E-state index contributed by atoms with van der Waals surface area (Å²) >= 11 is 7.70. The largest absolute Gasteiger partial charge is 0.507 e. The van der Waals surface area contributed by atoms with Crippen molar-refractivity contribution >= 4 is 41.1 Å². The number of carbonyl (C=O) groups excluding carboxylic acids is 1. The number of benzene rings is 1. The number of aromatic nitrogens is 1. The lowest BCUT2D eigenvalue weighted by atomic mass is 9.88. The van der Waals surface area contributed by atoms with Gasteiger partial charge >= 0.3 is 12.7 Å². The van der Waals surface area contributed by atoms with Gasteiger partial charge in [0, 0.05) is 63.7 Å². The van der Waals surface area contributed by atoms with Gasteiger partial charge in [-0.25, -0.2) is 19.2 Å². The minimum Gasteiger partial charge on any atom is -0.438 e. The lowest BCUT2D eigenvalue weighted by Crippen LogP contribution is -2.40. The smallest absolute Gasteiger partial charge is 0.438 e. The number of hydrogen-bond acceptors (Lipinski definition) is 10. The van der Waals surface area contributed by atoms with E-state index in [9.17, 15) is 23.5 Å². The van der Waals surface area contributed by atoms with Crippen molar-refractivity contribution in [1.82, 2.24) is 9.88 Å². The number of halogens is 4. The topological polar surface area (TPSA) is 151 Å². The van der Waals surface area contributed by atoms with Crippen LogP contribution < -0.4 is 5.73 Å². The van der Waals surface area contributed by atoms with Gasteiger partial charge in [-0.2, -0.15) is 8.78 Å². The molecule has 2 aliphatic rings. The average Bonchev–Trinajstić information content (AvgIpc) is 3.56. The Kier molecular flexibility index (Phi) is 8.43. The van der Waals surface area contributed by atoms with Gasteiger partial charge < -0.3 is 20.1 Å². The van der Waals surface area contributed by atoms with Crippen LogP contribution in [0.2, 0.25) is 5.02 Å². The average molecular weight is 581 g/mol. The zero-order valence-corrected chi connectivity index (χ0v) is 21.7. The molecule has 1 aromatic heterocycles. The highest BCUT2D eigenvalue weighted by atomic mass is 35.5. The van der Waals surface area contributed by atoms with Gasteiger partial charge in [0.15, 0.2) is 10.8 Å². The summed E-state index contributed by atoms with van der Waals surface area (Å²) in [5.41, 5.74) is 15.1. The van der Waals surface area contributed by atoms with Gasteiger partial charge in [0.1, 0.15) is 24.0 Å². The summed E-state index contributed by atoms with van der Waals surface area (Å²) in [5, 5.41) is 6.19. The number of rotatable bonds is 8. The number of alkyl halides is 2. The van der Waals surface area contributed by atoms with E-state index in [1.54, 1.807) is 16.5 Å². The molecule has 16 heteroatoms. The number of thiazole rings is 1. The van der Waals surface area contributed by atoms with Gasteiger partial charge in [0.05, 0.1) is 7.11 Å². The van der Waals surface area contributed by atoms with Crippen LogP contribution in [-0.2, 0) is 9.47 Å². The zero-order valence-electron chi connectivity index (χ0n) is 20.2. The number of fused-ring (bicyclic) bond motifs is 1. The maximum Gasteiger partial charge on any atom is 0.507 e. The molecule has 1 aromatic carbocycles. The molecule has 3 heterocycles. The highest BCUT2D eigenvalue weighted by molar-refractivity contribution is 7.11. The monoisotopic (exact) mass is 580 g/mol. The van der Waals surface area contributed by atoms with E-state index in [0.29, 0.717) is 27.7 Å². The van der Waals surface area contributed by atoms with Gasteiger partial charge in [0.25, 0.3) is 0 Å². The fraction of sp³-hybridized carbons (Fsp3) is 0.304. The predicted molar refractivity (Wildman–Crippen MR) is 138 cm³/mol. The molecule has 2 aliphatic heterocycles. The number of azide groups is 1. The molecular weight excluding hydrogens is 561 g/mol. The molecule has 0 aliphatic carbocycles. The Labute approximate surface area is 228 Å². The minimum absolute atomic E-state index is 0.0149. The summed E-state index contributed by atoms with van der Waals surface area (Å²) in [6.07, 6.45) is 2.54. The number of nitrogens with zero attached hydrogens (tertiary/aromatic N) is 7. The van der Waals surface area contributed by atoms with Crippen LogP contribution in [0, 0.1) is 5.82 Å². The maximum absolute atomic E-state index is 13.9. The third-order valence-electron chi connectivity index (χ3n) is 5.95. The van der Waals surface area contributed by atoms with Crippen molar-refractivity contribution in [2.24, 2.45) is 20.8 Å². The Hall–Kier alpha value is -4.07. The Balaban J connectivity index is 1.97. The van der Waals surface area contributed by atoms with Crippen LogP contribution in [0.25, 0.3) is 10.4 Å². The Bertz CT molecular complexity index is 1430. The van der Waals surface area contributed by atoms with E-state index in [-0.39, 0.29) is 30.2 Å². The van der Waals surface area contributed by atoms with Crippen molar-refractivity contribution in [3.05, 3.63) is 84.7 Å². The van der Waals surface area contributed by atoms with Crippen molar-refractivity contribution in [2.45, 2.75) is 24.6 Å². The fourth-order valence-corrected chi connectivity index (χ4v) is 5.28. The number of amidine groups is 1. The first kappa shape index (κ1) is 28.0. The van der Waals surface area contributed by atoms with Crippen LogP contribution in [0.5, 0.6) is 0 Å². The van der Waals surface area contributed by atoms with E-state index in [4.69, 9.17) is 27.1 Å². The first-order valence-electron chi connectivity index (χ1n) is 11.2. The van der Waals surface area contributed by atoms with E-state index in [2.05, 4.69) is 24.7 Å². The van der Waals surface area contributed by atoms with Crippen LogP contribution >= 0.6 is 22.9 Å². The molecule has 2 aromatic rings. The third-order valence-corrected chi connectivity index (χ3v) is 7.04. The maximum atomic E-state index is 13.9. The second-order valence-corrected chi connectivity index (χ2v) is 9.62. The highest BCUT2D eigenvalue weighted by Gasteiger charge is 2.48. The van der Waals surface area contributed by atoms with Gasteiger partial charge in [-0.3, -0.25) is 4.99 Å². The first-order chi connectivity index (χ1) is 18.7. The predicted octanol–water partition coefficient (Wildman–Crippen LogP) is 5.37. The fourth-order valence-electron chi connectivity index (χ4n) is 4.37. The standard InChI is InChI=1S/C23H20ClF3N8O3S/c1-37-22(36)38-11-23(33-34-29)7-16-17(12(8-28)9-31-21(26)27)18(14-3-2-13(25)6-15(14)24)32-19(35(16)10-23)20-30-4-5-39-20/h2-6,8-9,18,21H,7,10-11,28H2,1H3/t18-,23?/m0/s1. The summed E-state index contributed by atoms with van der Waals surface area (Å²) in [7, 11) is 1.13. The molecule has 0 amide bonds. The number of hydrogen-bond donors (Lipinski definition) is 1. The molecule has 1 fully saturated rings. The van der Waals surface area contributed by atoms with Gasteiger partial charge in [-0.1, -0.05) is 22.8 Å². The quantitative estimate of drug-likeness (QED) is 0.111. The number of nitrogens with two attached hydrogens (primary N) is 1. The Morgan fingerprint density at radius 2 is 2.28 bits per heavy atom. The summed E-state index contributed by atoms with van der Waals surface area (Å²) in [5.74, 6) is -0.235. The van der Waals surface area contributed by atoms with Gasteiger partial charge in [0.2, 0.25) is 0 Å². The SMILES string of the molecule is COC(=O)OCC1(N=[N+]=[N-])CC2=C(C(C=NC(F)F)=CN)[C@H](c3ccc(F)cc3Cl)N=C(c3nccs3)N2C1. The third kappa shape index (κ3) is 5.85. The normalized spacial score (nSPS) is 21.2. The van der Waals surface area contributed by atoms with Crippen molar-refractivity contribution in [2.75, 3.05) is 20.3 Å². The molecule has 1 saturated heterocycles. The summed E-state index contributed by atoms with van der Waals surface area (Å²) < 4.78 is 49.8. The van der Waals surface area contributed by atoms with Crippen LogP contribution in [0.4, 0.5) is 18.0 Å². The van der Waals surface area contributed by atoms with Crippen LogP contribution in [0.1, 0.15) is 23.0 Å². The Morgan fingerprint density at radius 3 is 2.90 bits per heavy atom. The lowest BCUT2D eigenvalue weighted by Gasteiger charge is -2.33. The molecule has 1 unspecified atom stereocenters. The van der Waals surface area contributed by atoms with E-state index in [0.717, 1.165) is 25.6 Å². The number of carbonyl (C=O) groups is 1.